The highest BCUT2D eigenvalue weighted by Gasteiger charge is 2.05. The summed E-state index contributed by atoms with van der Waals surface area (Å²) in [4.78, 5) is 1.39. The molecule has 0 bridgehead atoms. The fourth-order valence-corrected chi connectivity index (χ4v) is 2.88. The summed E-state index contributed by atoms with van der Waals surface area (Å²) in [6.07, 6.45) is 0. The summed E-state index contributed by atoms with van der Waals surface area (Å²) in [7, 11) is 1.67. The largest absolute Gasteiger partial charge is 0.493 e. The fourth-order valence-electron chi connectivity index (χ4n) is 2.00. The summed E-state index contributed by atoms with van der Waals surface area (Å²) in [6.45, 7) is 6.48. The van der Waals surface area contributed by atoms with Crippen LogP contribution in [0.2, 0.25) is 0 Å². The number of ether oxygens (including phenoxy) is 2. The molecule has 0 radical (unpaired) electrons. The number of methoxy groups -OCH3 is 1. The number of hydrogen-bond acceptors (Lipinski definition) is 4. The summed E-state index contributed by atoms with van der Waals surface area (Å²) >= 11 is 1.79. The lowest BCUT2D eigenvalue weighted by atomic mass is 10.2. The number of thiophene rings is 1. The van der Waals surface area contributed by atoms with Crippen LogP contribution in [0.4, 0.5) is 0 Å². The topological polar surface area (TPSA) is 30.5 Å². The first kappa shape index (κ1) is 14.9. The van der Waals surface area contributed by atoms with Crippen LogP contribution in [-0.2, 0) is 13.1 Å². The molecule has 0 unspecified atom stereocenters. The van der Waals surface area contributed by atoms with Crippen molar-refractivity contribution in [3.63, 3.8) is 0 Å². The molecule has 0 aliphatic heterocycles. The molecule has 2 aromatic rings. The summed E-state index contributed by atoms with van der Waals surface area (Å²) in [5.41, 5.74) is 2.55. The van der Waals surface area contributed by atoms with E-state index in [-0.39, 0.29) is 0 Å². The van der Waals surface area contributed by atoms with Crippen LogP contribution in [0.15, 0.2) is 29.6 Å². The van der Waals surface area contributed by atoms with Crippen molar-refractivity contribution in [3.8, 4) is 11.5 Å². The van der Waals surface area contributed by atoms with E-state index in [1.54, 1.807) is 18.4 Å². The van der Waals surface area contributed by atoms with Gasteiger partial charge in [0.2, 0.25) is 0 Å². The van der Waals surface area contributed by atoms with Crippen LogP contribution in [0.1, 0.15) is 22.9 Å². The average molecular weight is 291 g/mol. The van der Waals surface area contributed by atoms with Crippen molar-refractivity contribution in [2.24, 2.45) is 0 Å². The van der Waals surface area contributed by atoms with Gasteiger partial charge in [-0.15, -0.1) is 11.3 Å². The molecule has 1 N–H and O–H groups in total. The van der Waals surface area contributed by atoms with E-state index < -0.39 is 0 Å². The number of rotatable bonds is 7. The van der Waals surface area contributed by atoms with E-state index in [0.29, 0.717) is 6.61 Å². The van der Waals surface area contributed by atoms with Crippen LogP contribution in [0, 0.1) is 6.92 Å². The molecule has 0 fully saturated rings. The predicted octanol–water partition coefficient (Wildman–Crippen LogP) is 3.75. The molecule has 4 heteroatoms. The summed E-state index contributed by atoms with van der Waals surface area (Å²) < 4.78 is 10.9. The van der Waals surface area contributed by atoms with Crippen LogP contribution in [0.3, 0.4) is 0 Å². The van der Waals surface area contributed by atoms with E-state index in [0.717, 1.165) is 24.6 Å². The third kappa shape index (κ3) is 3.74. The molecule has 0 spiro atoms. The Hall–Kier alpha value is -1.52. The van der Waals surface area contributed by atoms with Gasteiger partial charge < -0.3 is 14.8 Å². The molecule has 0 saturated carbocycles. The molecule has 0 aliphatic rings. The third-order valence-corrected chi connectivity index (χ3v) is 4.13. The molecular formula is C16H21NO2S. The first-order valence-electron chi connectivity index (χ1n) is 6.78. The van der Waals surface area contributed by atoms with Gasteiger partial charge in [-0.25, -0.2) is 0 Å². The van der Waals surface area contributed by atoms with Crippen molar-refractivity contribution >= 4 is 11.3 Å². The van der Waals surface area contributed by atoms with Crippen LogP contribution in [-0.4, -0.2) is 13.7 Å². The maximum atomic E-state index is 5.52. The lowest BCUT2D eigenvalue weighted by Gasteiger charge is -2.11. The van der Waals surface area contributed by atoms with Gasteiger partial charge in [0.25, 0.3) is 0 Å². The first-order valence-corrected chi connectivity index (χ1v) is 7.66. The highest BCUT2D eigenvalue weighted by Crippen LogP contribution is 2.28. The second-order valence-corrected chi connectivity index (χ2v) is 5.55. The van der Waals surface area contributed by atoms with E-state index in [1.807, 2.05) is 19.1 Å². The highest BCUT2D eigenvalue weighted by atomic mass is 32.1. The lowest BCUT2D eigenvalue weighted by molar-refractivity contribution is 0.310. The first-order chi connectivity index (χ1) is 9.74. The molecule has 0 atom stereocenters. The minimum absolute atomic E-state index is 0.644. The maximum absolute atomic E-state index is 5.52. The van der Waals surface area contributed by atoms with E-state index >= 15 is 0 Å². The molecule has 1 aromatic carbocycles. The Bertz CT molecular complexity index is 551. The molecule has 0 saturated heterocycles. The summed E-state index contributed by atoms with van der Waals surface area (Å²) in [5.74, 6) is 1.59. The predicted molar refractivity (Wildman–Crippen MR) is 83.8 cm³/mol. The molecule has 3 nitrogen and oxygen atoms in total. The van der Waals surface area contributed by atoms with E-state index in [1.165, 1.54) is 16.0 Å². The van der Waals surface area contributed by atoms with Crippen molar-refractivity contribution in [3.05, 3.63) is 45.6 Å². The standard InChI is InChI=1S/C16H21NO2S/c1-4-19-14-6-5-13(9-15(14)18-3)10-17-11-16-12(2)7-8-20-16/h5-9,17H,4,10-11H2,1-3H3. The van der Waals surface area contributed by atoms with Gasteiger partial charge in [-0.3, -0.25) is 0 Å². The normalized spacial score (nSPS) is 10.6. The van der Waals surface area contributed by atoms with Gasteiger partial charge in [0.1, 0.15) is 0 Å². The fraction of sp³-hybridized carbons (Fsp3) is 0.375. The van der Waals surface area contributed by atoms with Crippen molar-refractivity contribution in [2.75, 3.05) is 13.7 Å². The number of aryl methyl sites for hydroxylation is 1. The Morgan fingerprint density at radius 3 is 2.65 bits per heavy atom. The van der Waals surface area contributed by atoms with Crippen LogP contribution < -0.4 is 14.8 Å². The van der Waals surface area contributed by atoms with E-state index in [4.69, 9.17) is 9.47 Å². The van der Waals surface area contributed by atoms with Gasteiger partial charge in [0, 0.05) is 18.0 Å². The lowest BCUT2D eigenvalue weighted by Crippen LogP contribution is -2.12. The van der Waals surface area contributed by atoms with Crippen LogP contribution in [0.5, 0.6) is 11.5 Å². The van der Waals surface area contributed by atoms with E-state index in [9.17, 15) is 0 Å². The number of benzene rings is 1. The monoisotopic (exact) mass is 291 g/mol. The molecule has 1 heterocycles. The quantitative estimate of drug-likeness (QED) is 0.842. The molecule has 20 heavy (non-hydrogen) atoms. The molecule has 0 aliphatic carbocycles. The number of hydrogen-bond donors (Lipinski definition) is 1. The van der Waals surface area contributed by atoms with Crippen molar-refractivity contribution in [2.45, 2.75) is 26.9 Å². The van der Waals surface area contributed by atoms with Gasteiger partial charge in [0.05, 0.1) is 13.7 Å². The minimum atomic E-state index is 0.644. The van der Waals surface area contributed by atoms with Crippen LogP contribution >= 0.6 is 11.3 Å². The average Bonchev–Trinajstić information content (AvgIpc) is 2.86. The zero-order chi connectivity index (χ0) is 14.4. The maximum Gasteiger partial charge on any atom is 0.161 e. The van der Waals surface area contributed by atoms with Gasteiger partial charge >= 0.3 is 0 Å². The van der Waals surface area contributed by atoms with Crippen molar-refractivity contribution in [1.29, 1.82) is 0 Å². The molecule has 0 amide bonds. The minimum Gasteiger partial charge on any atom is -0.493 e. The van der Waals surface area contributed by atoms with Gasteiger partial charge in [-0.1, -0.05) is 6.07 Å². The van der Waals surface area contributed by atoms with E-state index in [2.05, 4.69) is 29.8 Å². The van der Waals surface area contributed by atoms with Gasteiger partial charge in [-0.2, -0.15) is 0 Å². The second-order valence-electron chi connectivity index (χ2n) is 4.55. The molecular weight excluding hydrogens is 270 g/mol. The Morgan fingerprint density at radius 1 is 1.15 bits per heavy atom. The molecule has 108 valence electrons. The van der Waals surface area contributed by atoms with Crippen LogP contribution in [0.25, 0.3) is 0 Å². The zero-order valence-electron chi connectivity index (χ0n) is 12.2. The Kier molecular flexibility index (Phi) is 5.44. The summed E-state index contributed by atoms with van der Waals surface area (Å²) in [6, 6.07) is 8.22. The Balaban J connectivity index is 1.94. The Labute approximate surface area is 124 Å². The molecule has 1 aromatic heterocycles. The second kappa shape index (κ2) is 7.31. The van der Waals surface area contributed by atoms with Crippen molar-refractivity contribution < 1.29 is 9.47 Å². The highest BCUT2D eigenvalue weighted by molar-refractivity contribution is 7.10. The SMILES string of the molecule is CCOc1ccc(CNCc2sccc2C)cc1OC. The van der Waals surface area contributed by atoms with Gasteiger partial charge in [-0.05, 0) is 48.6 Å². The smallest absolute Gasteiger partial charge is 0.161 e. The Morgan fingerprint density at radius 2 is 2.00 bits per heavy atom. The molecule has 2 rings (SSSR count). The zero-order valence-corrected chi connectivity index (χ0v) is 13.0. The number of nitrogens with one attached hydrogen (secondary N) is 1. The summed E-state index contributed by atoms with van der Waals surface area (Å²) in [5, 5.41) is 5.59. The van der Waals surface area contributed by atoms with Gasteiger partial charge in [0.15, 0.2) is 11.5 Å². The third-order valence-electron chi connectivity index (χ3n) is 3.11. The van der Waals surface area contributed by atoms with Crippen molar-refractivity contribution in [1.82, 2.24) is 5.32 Å².